The number of nitrogens with zero attached hydrogens (tertiary/aromatic N) is 4. The third-order valence-corrected chi connectivity index (χ3v) is 5.63. The van der Waals surface area contributed by atoms with Gasteiger partial charge in [0.2, 0.25) is 0 Å². The van der Waals surface area contributed by atoms with Gasteiger partial charge in [-0.15, -0.1) is 12.4 Å². The fraction of sp³-hybridized carbons (Fsp3) is 0.529. The van der Waals surface area contributed by atoms with Gasteiger partial charge in [0.1, 0.15) is 11.4 Å². The number of rotatable bonds is 1. The third-order valence-electron chi connectivity index (χ3n) is 5.63. The van der Waals surface area contributed by atoms with Gasteiger partial charge in [-0.3, -0.25) is 10.3 Å². The average molecular weight is 348 g/mol. The molecule has 1 aromatic carbocycles. The van der Waals surface area contributed by atoms with Gasteiger partial charge in [0.25, 0.3) is 0 Å². The number of benzene rings is 1. The highest BCUT2D eigenvalue weighted by molar-refractivity contribution is 5.88. The van der Waals surface area contributed by atoms with Crippen molar-refractivity contribution in [2.45, 2.75) is 24.9 Å². The molecule has 6 rings (SSSR count). The SMILES string of the molecule is Cl.Cn1cnc2ccc(N=C3C[C@@]4(CN5CCC4CC5)ON3)cc21. The summed E-state index contributed by atoms with van der Waals surface area (Å²) in [5.74, 6) is 1.60. The number of imidazole rings is 1. The molecule has 4 fully saturated rings. The Labute approximate surface area is 147 Å². The van der Waals surface area contributed by atoms with Crippen LogP contribution in [-0.4, -0.2) is 45.5 Å². The van der Waals surface area contributed by atoms with Crippen LogP contribution in [-0.2, 0) is 11.9 Å². The van der Waals surface area contributed by atoms with Crippen LogP contribution in [0.5, 0.6) is 0 Å². The van der Waals surface area contributed by atoms with Gasteiger partial charge in [-0.25, -0.2) is 9.98 Å². The molecule has 2 aromatic rings. The summed E-state index contributed by atoms with van der Waals surface area (Å²) in [6.07, 6.45) is 5.21. The number of piperidine rings is 3. The molecule has 128 valence electrons. The van der Waals surface area contributed by atoms with Crippen molar-refractivity contribution in [1.29, 1.82) is 0 Å². The molecule has 4 saturated heterocycles. The zero-order valence-electron chi connectivity index (χ0n) is 13.7. The summed E-state index contributed by atoms with van der Waals surface area (Å²) in [5.41, 5.74) is 6.10. The Bertz CT molecular complexity index is 795. The van der Waals surface area contributed by atoms with E-state index in [0.717, 1.165) is 35.5 Å². The van der Waals surface area contributed by atoms with Crippen molar-refractivity contribution >= 4 is 35.0 Å². The lowest BCUT2D eigenvalue weighted by atomic mass is 9.74. The van der Waals surface area contributed by atoms with Crippen molar-refractivity contribution in [2.75, 3.05) is 19.6 Å². The molecule has 6 nitrogen and oxygen atoms in total. The van der Waals surface area contributed by atoms with Gasteiger partial charge in [0, 0.05) is 20.0 Å². The number of aliphatic imine (C=N–C) groups is 1. The highest BCUT2D eigenvalue weighted by atomic mass is 35.5. The topological polar surface area (TPSA) is 54.7 Å². The number of hydrogen-bond donors (Lipinski definition) is 1. The van der Waals surface area contributed by atoms with E-state index >= 15 is 0 Å². The van der Waals surface area contributed by atoms with Gasteiger partial charge in [-0.05, 0) is 50.0 Å². The van der Waals surface area contributed by atoms with Crippen molar-refractivity contribution in [3.8, 4) is 0 Å². The summed E-state index contributed by atoms with van der Waals surface area (Å²) in [6, 6.07) is 6.12. The Morgan fingerprint density at radius 1 is 1.33 bits per heavy atom. The largest absolute Gasteiger partial charge is 0.334 e. The Balaban J connectivity index is 0.00000146. The van der Waals surface area contributed by atoms with E-state index in [1.807, 2.05) is 30.1 Å². The second-order valence-electron chi connectivity index (χ2n) is 7.08. The molecule has 5 heterocycles. The summed E-state index contributed by atoms with van der Waals surface area (Å²) in [7, 11) is 2.01. The molecular formula is C17H22ClN5O. The lowest BCUT2D eigenvalue weighted by Gasteiger charge is -2.49. The zero-order chi connectivity index (χ0) is 15.4. The first-order valence-electron chi connectivity index (χ1n) is 8.37. The fourth-order valence-corrected chi connectivity index (χ4v) is 4.36. The molecule has 0 amide bonds. The highest BCUT2D eigenvalue weighted by Crippen LogP contribution is 2.42. The van der Waals surface area contributed by atoms with Crippen LogP contribution in [0.25, 0.3) is 11.0 Å². The highest BCUT2D eigenvalue weighted by Gasteiger charge is 2.52. The Kier molecular flexibility index (Phi) is 3.78. The molecule has 0 unspecified atom stereocenters. The van der Waals surface area contributed by atoms with Crippen LogP contribution in [0, 0.1) is 5.92 Å². The Morgan fingerprint density at radius 2 is 2.17 bits per heavy atom. The molecule has 0 radical (unpaired) electrons. The lowest BCUT2D eigenvalue weighted by Crippen LogP contribution is -2.59. The second-order valence-corrected chi connectivity index (χ2v) is 7.08. The van der Waals surface area contributed by atoms with Crippen LogP contribution in [0.15, 0.2) is 29.5 Å². The minimum absolute atomic E-state index is 0. The standard InChI is InChI=1S/C17H21N5O.ClH/c1-21-11-18-14-3-2-13(8-15(14)21)19-16-9-17(23-20-16)10-22-6-4-12(17)5-7-22;/h2-3,8,11-12H,4-7,9-10H2,1H3,(H,19,20);1H/t17-;/m0./s1. The summed E-state index contributed by atoms with van der Waals surface area (Å²) >= 11 is 0. The molecule has 1 spiro atoms. The maximum atomic E-state index is 6.06. The van der Waals surface area contributed by atoms with Crippen LogP contribution in [0.1, 0.15) is 19.3 Å². The first kappa shape index (κ1) is 15.9. The van der Waals surface area contributed by atoms with Crippen molar-refractivity contribution in [2.24, 2.45) is 18.0 Å². The van der Waals surface area contributed by atoms with Gasteiger partial charge < -0.3 is 9.47 Å². The molecular weight excluding hydrogens is 326 g/mol. The van der Waals surface area contributed by atoms with E-state index in [1.165, 1.54) is 25.9 Å². The second kappa shape index (κ2) is 5.72. The molecule has 4 aliphatic heterocycles. The van der Waals surface area contributed by atoms with Crippen molar-refractivity contribution in [1.82, 2.24) is 19.9 Å². The minimum Gasteiger partial charge on any atom is -0.334 e. The molecule has 1 N–H and O–H groups in total. The van der Waals surface area contributed by atoms with Crippen LogP contribution in [0.3, 0.4) is 0 Å². The van der Waals surface area contributed by atoms with E-state index < -0.39 is 0 Å². The molecule has 7 heteroatoms. The van der Waals surface area contributed by atoms with Crippen molar-refractivity contribution in [3.63, 3.8) is 0 Å². The number of hydroxylamine groups is 1. The van der Waals surface area contributed by atoms with Crippen LogP contribution in [0.2, 0.25) is 0 Å². The number of amidine groups is 1. The van der Waals surface area contributed by atoms with Crippen molar-refractivity contribution in [3.05, 3.63) is 24.5 Å². The number of halogens is 1. The minimum atomic E-state index is -0.0635. The predicted octanol–water partition coefficient (Wildman–Crippen LogP) is 2.41. The average Bonchev–Trinajstić information content (AvgIpc) is 3.13. The van der Waals surface area contributed by atoms with Gasteiger partial charge >= 0.3 is 0 Å². The van der Waals surface area contributed by atoms with Gasteiger partial charge in [0.05, 0.1) is 23.0 Å². The van der Waals surface area contributed by atoms with Crippen molar-refractivity contribution < 1.29 is 4.84 Å². The van der Waals surface area contributed by atoms with E-state index in [4.69, 9.17) is 9.83 Å². The van der Waals surface area contributed by atoms with E-state index in [1.54, 1.807) is 0 Å². The summed E-state index contributed by atoms with van der Waals surface area (Å²) in [4.78, 5) is 17.7. The molecule has 0 aliphatic carbocycles. The Morgan fingerprint density at radius 3 is 2.92 bits per heavy atom. The monoisotopic (exact) mass is 347 g/mol. The summed E-state index contributed by atoms with van der Waals surface area (Å²) in [5, 5.41) is 0. The number of fused-ring (bicyclic) bond motifs is 3. The first-order chi connectivity index (χ1) is 11.2. The van der Waals surface area contributed by atoms with Gasteiger partial charge in [-0.2, -0.15) is 0 Å². The summed E-state index contributed by atoms with van der Waals surface area (Å²) < 4.78 is 2.02. The van der Waals surface area contributed by atoms with E-state index in [0.29, 0.717) is 5.92 Å². The fourth-order valence-electron chi connectivity index (χ4n) is 4.36. The van der Waals surface area contributed by atoms with Crippen LogP contribution >= 0.6 is 12.4 Å². The van der Waals surface area contributed by atoms with E-state index in [9.17, 15) is 0 Å². The van der Waals surface area contributed by atoms with E-state index in [-0.39, 0.29) is 18.0 Å². The zero-order valence-corrected chi connectivity index (χ0v) is 14.6. The number of nitrogens with one attached hydrogen (secondary N) is 1. The number of aromatic nitrogens is 2. The molecule has 0 saturated carbocycles. The number of aryl methyl sites for hydroxylation is 1. The maximum Gasteiger partial charge on any atom is 0.129 e. The Hall–Kier alpha value is -1.63. The molecule has 24 heavy (non-hydrogen) atoms. The molecule has 4 aliphatic rings. The quantitative estimate of drug-likeness (QED) is 0.860. The van der Waals surface area contributed by atoms with Crippen LogP contribution < -0.4 is 5.48 Å². The van der Waals surface area contributed by atoms with Gasteiger partial charge in [0.15, 0.2) is 0 Å². The number of hydrogen-bond acceptors (Lipinski definition) is 4. The summed E-state index contributed by atoms with van der Waals surface area (Å²) in [6.45, 7) is 3.48. The molecule has 2 bridgehead atoms. The molecule has 1 atom stereocenters. The third kappa shape index (κ3) is 2.41. The lowest BCUT2D eigenvalue weighted by molar-refractivity contribution is -0.150. The smallest absolute Gasteiger partial charge is 0.129 e. The first-order valence-corrected chi connectivity index (χ1v) is 8.37. The predicted molar refractivity (Wildman–Crippen MR) is 95.8 cm³/mol. The van der Waals surface area contributed by atoms with Crippen LogP contribution in [0.4, 0.5) is 5.69 Å². The van der Waals surface area contributed by atoms with E-state index in [2.05, 4.69) is 21.4 Å². The molecule has 1 aromatic heterocycles. The van der Waals surface area contributed by atoms with Gasteiger partial charge in [-0.1, -0.05) is 0 Å². The normalized spacial score (nSPS) is 33.1. The maximum absolute atomic E-state index is 6.06.